The lowest BCUT2D eigenvalue weighted by molar-refractivity contribution is -0.125. The van der Waals surface area contributed by atoms with E-state index in [0.29, 0.717) is 19.5 Å². The summed E-state index contributed by atoms with van der Waals surface area (Å²) in [5.74, 6) is -0.607. The predicted octanol–water partition coefficient (Wildman–Crippen LogP) is 3.15. The number of methoxy groups -OCH3 is 1. The first kappa shape index (κ1) is 19.8. The Morgan fingerprint density at radius 1 is 1.15 bits per heavy atom. The van der Waals surface area contributed by atoms with Gasteiger partial charge in [-0.3, -0.25) is 9.69 Å². The van der Waals surface area contributed by atoms with Gasteiger partial charge in [0.25, 0.3) is 0 Å². The van der Waals surface area contributed by atoms with Crippen molar-refractivity contribution in [1.82, 2.24) is 10.2 Å². The first-order chi connectivity index (χ1) is 12.4. The molecule has 0 aliphatic carbocycles. The van der Waals surface area contributed by atoms with Gasteiger partial charge in [0.05, 0.1) is 13.2 Å². The van der Waals surface area contributed by atoms with Crippen LogP contribution in [-0.2, 0) is 17.8 Å². The minimum absolute atomic E-state index is 0.108. The number of hydrogen-bond donors (Lipinski definition) is 1. The number of benzene rings is 2. The molecule has 26 heavy (non-hydrogen) atoms. The van der Waals surface area contributed by atoms with E-state index >= 15 is 0 Å². The van der Waals surface area contributed by atoms with E-state index in [1.807, 2.05) is 11.9 Å². The molecule has 0 aliphatic heterocycles. The van der Waals surface area contributed by atoms with Crippen molar-refractivity contribution in [3.8, 4) is 5.75 Å². The lowest BCUT2D eigenvalue weighted by Gasteiger charge is -2.24. The molecular weight excluding hydrogens is 338 g/mol. The quantitative estimate of drug-likeness (QED) is 0.784. The van der Waals surface area contributed by atoms with Crippen LogP contribution in [0.2, 0.25) is 0 Å². The Hall–Kier alpha value is -2.47. The van der Waals surface area contributed by atoms with Gasteiger partial charge in [0.2, 0.25) is 5.91 Å². The fraction of sp³-hybridized carbons (Fsp3) is 0.350. The fourth-order valence-corrected chi connectivity index (χ4v) is 2.56. The summed E-state index contributed by atoms with van der Waals surface area (Å²) in [6.45, 7) is 2.71. The Morgan fingerprint density at radius 3 is 2.42 bits per heavy atom. The Balaban J connectivity index is 1.82. The summed E-state index contributed by atoms with van der Waals surface area (Å²) in [5, 5.41) is 2.87. The molecule has 1 unspecified atom stereocenters. The number of ether oxygens (including phenoxy) is 1. The molecule has 1 atom stereocenters. The van der Waals surface area contributed by atoms with E-state index in [4.69, 9.17) is 4.74 Å². The first-order valence-electron chi connectivity index (χ1n) is 8.45. The van der Waals surface area contributed by atoms with E-state index in [0.717, 1.165) is 11.1 Å². The normalized spacial score (nSPS) is 12.1. The summed E-state index contributed by atoms with van der Waals surface area (Å²) in [6, 6.07) is 10.6. The van der Waals surface area contributed by atoms with Crippen molar-refractivity contribution in [1.29, 1.82) is 0 Å². The van der Waals surface area contributed by atoms with Crippen molar-refractivity contribution in [3.63, 3.8) is 0 Å². The molecule has 2 rings (SSSR count). The maximum absolute atomic E-state index is 13.8. The van der Waals surface area contributed by atoms with Gasteiger partial charge in [-0.2, -0.15) is 0 Å². The zero-order valence-corrected chi connectivity index (χ0v) is 15.3. The second-order valence-corrected chi connectivity index (χ2v) is 6.23. The van der Waals surface area contributed by atoms with Crippen LogP contribution in [0.1, 0.15) is 18.1 Å². The Kier molecular flexibility index (Phi) is 7.09. The maximum atomic E-state index is 13.8. The van der Waals surface area contributed by atoms with Crippen LogP contribution in [0.5, 0.6) is 5.75 Å². The molecule has 0 aliphatic rings. The smallest absolute Gasteiger partial charge is 0.237 e. The molecule has 4 nitrogen and oxygen atoms in total. The third-order valence-electron chi connectivity index (χ3n) is 4.31. The number of rotatable bonds is 8. The highest BCUT2D eigenvalue weighted by molar-refractivity contribution is 5.81. The highest BCUT2D eigenvalue weighted by Gasteiger charge is 2.18. The summed E-state index contributed by atoms with van der Waals surface area (Å²) in [7, 11) is 3.23. The highest BCUT2D eigenvalue weighted by Crippen LogP contribution is 2.18. The fourth-order valence-electron chi connectivity index (χ4n) is 2.56. The van der Waals surface area contributed by atoms with Crippen molar-refractivity contribution in [2.24, 2.45) is 0 Å². The van der Waals surface area contributed by atoms with E-state index in [-0.39, 0.29) is 23.5 Å². The molecule has 0 bridgehead atoms. The topological polar surface area (TPSA) is 41.6 Å². The van der Waals surface area contributed by atoms with Crippen LogP contribution < -0.4 is 10.1 Å². The number of halogens is 2. The van der Waals surface area contributed by atoms with Gasteiger partial charge in [-0.25, -0.2) is 8.78 Å². The second kappa shape index (κ2) is 9.29. The maximum Gasteiger partial charge on any atom is 0.237 e. The van der Waals surface area contributed by atoms with Crippen LogP contribution in [0, 0.1) is 11.6 Å². The number of hydrogen-bond acceptors (Lipinski definition) is 3. The van der Waals surface area contributed by atoms with Gasteiger partial charge >= 0.3 is 0 Å². The van der Waals surface area contributed by atoms with Gasteiger partial charge in [-0.15, -0.1) is 0 Å². The van der Waals surface area contributed by atoms with E-state index < -0.39 is 5.82 Å². The molecule has 0 heterocycles. The Morgan fingerprint density at radius 2 is 1.81 bits per heavy atom. The summed E-state index contributed by atoms with van der Waals surface area (Å²) < 4.78 is 31.5. The second-order valence-electron chi connectivity index (χ2n) is 6.23. The third-order valence-corrected chi connectivity index (χ3v) is 4.31. The molecule has 2 aromatic rings. The largest absolute Gasteiger partial charge is 0.494 e. The first-order valence-corrected chi connectivity index (χ1v) is 8.45. The molecule has 0 fully saturated rings. The van der Waals surface area contributed by atoms with Gasteiger partial charge < -0.3 is 10.1 Å². The van der Waals surface area contributed by atoms with Crippen molar-refractivity contribution < 1.29 is 18.3 Å². The average molecular weight is 362 g/mol. The molecule has 0 aromatic heterocycles. The van der Waals surface area contributed by atoms with Crippen LogP contribution in [0.4, 0.5) is 8.78 Å². The van der Waals surface area contributed by atoms with Gasteiger partial charge in [0, 0.05) is 13.1 Å². The van der Waals surface area contributed by atoms with Crippen molar-refractivity contribution in [2.45, 2.75) is 25.9 Å². The monoisotopic (exact) mass is 362 g/mol. The highest BCUT2D eigenvalue weighted by atomic mass is 19.1. The number of carbonyl (C=O) groups excluding carboxylic acids is 1. The van der Waals surface area contributed by atoms with Crippen LogP contribution in [0.3, 0.4) is 0 Å². The number of nitrogens with one attached hydrogen (secondary N) is 1. The van der Waals surface area contributed by atoms with Crippen LogP contribution >= 0.6 is 0 Å². The molecule has 0 saturated carbocycles. The minimum atomic E-state index is -0.421. The molecular formula is C20H24F2N2O2. The molecule has 0 radical (unpaired) electrons. The summed E-state index contributed by atoms with van der Waals surface area (Å²) >= 11 is 0. The number of nitrogens with zero attached hydrogens (tertiary/aromatic N) is 1. The summed E-state index contributed by atoms with van der Waals surface area (Å²) in [4.78, 5) is 14.1. The van der Waals surface area contributed by atoms with E-state index in [1.165, 1.54) is 25.3 Å². The summed E-state index contributed by atoms with van der Waals surface area (Å²) in [6.07, 6.45) is 0.631. The van der Waals surface area contributed by atoms with Crippen molar-refractivity contribution in [3.05, 3.63) is 65.2 Å². The lowest BCUT2D eigenvalue weighted by atomic mass is 10.1. The van der Waals surface area contributed by atoms with Crippen molar-refractivity contribution in [2.75, 3.05) is 20.7 Å². The summed E-state index contributed by atoms with van der Waals surface area (Å²) in [5.41, 5.74) is 1.72. The minimum Gasteiger partial charge on any atom is -0.494 e. The van der Waals surface area contributed by atoms with Crippen LogP contribution in [0.15, 0.2) is 42.5 Å². The van der Waals surface area contributed by atoms with E-state index in [9.17, 15) is 13.6 Å². The van der Waals surface area contributed by atoms with Crippen molar-refractivity contribution >= 4 is 5.91 Å². The number of amides is 1. The molecule has 6 heteroatoms. The SMILES string of the molecule is COc1ccc(CN(C)C(C)C(=O)NCCc2ccc(F)cc2)cc1F. The standard InChI is InChI=1S/C20H24F2N2O2/c1-14(20(25)23-11-10-15-4-7-17(21)8-5-15)24(2)13-16-6-9-19(26-3)18(22)12-16/h4-9,12,14H,10-11,13H2,1-3H3,(H,23,25). The Labute approximate surface area is 152 Å². The lowest BCUT2D eigenvalue weighted by Crippen LogP contribution is -2.43. The van der Waals surface area contributed by atoms with Gasteiger partial charge in [-0.05, 0) is 55.8 Å². The molecule has 140 valence electrons. The van der Waals surface area contributed by atoms with Crippen LogP contribution in [-0.4, -0.2) is 37.6 Å². The van der Waals surface area contributed by atoms with E-state index in [1.54, 1.807) is 31.2 Å². The molecule has 0 spiro atoms. The molecule has 1 N–H and O–H groups in total. The third kappa shape index (κ3) is 5.52. The van der Waals surface area contributed by atoms with Gasteiger partial charge in [0.1, 0.15) is 5.82 Å². The predicted molar refractivity (Wildman–Crippen MR) is 97.0 cm³/mol. The number of likely N-dealkylation sites (N-methyl/N-ethyl adjacent to an activating group) is 1. The van der Waals surface area contributed by atoms with Gasteiger partial charge in [0.15, 0.2) is 11.6 Å². The molecule has 0 saturated heterocycles. The van der Waals surface area contributed by atoms with E-state index in [2.05, 4.69) is 5.32 Å². The number of carbonyl (C=O) groups is 1. The van der Waals surface area contributed by atoms with Gasteiger partial charge in [-0.1, -0.05) is 18.2 Å². The molecule has 1 amide bonds. The zero-order valence-electron chi connectivity index (χ0n) is 15.3. The van der Waals surface area contributed by atoms with Crippen LogP contribution in [0.25, 0.3) is 0 Å². The zero-order chi connectivity index (χ0) is 19.1. The average Bonchev–Trinajstić information content (AvgIpc) is 2.62. The Bertz CT molecular complexity index is 735. The molecule has 2 aromatic carbocycles.